The van der Waals surface area contributed by atoms with Gasteiger partial charge >= 0.3 is 0 Å². The van der Waals surface area contributed by atoms with E-state index < -0.39 is 6.10 Å². The summed E-state index contributed by atoms with van der Waals surface area (Å²) in [6.45, 7) is 10.5. The Balaban J connectivity index is 2.68. The van der Waals surface area contributed by atoms with E-state index >= 15 is 0 Å². The van der Waals surface area contributed by atoms with Gasteiger partial charge in [-0.05, 0) is 26.3 Å². The maximum atomic E-state index is 9.83. The lowest BCUT2D eigenvalue weighted by atomic mass is 9.73. The maximum Gasteiger partial charge on any atom is 0.0724 e. The average molecular weight is 236 g/mol. The summed E-state index contributed by atoms with van der Waals surface area (Å²) < 4.78 is 5.98. The highest BCUT2D eigenvalue weighted by Gasteiger charge is 2.41. The van der Waals surface area contributed by atoms with Gasteiger partial charge in [0, 0.05) is 5.41 Å². The van der Waals surface area contributed by atoms with Crippen molar-refractivity contribution in [3.8, 4) is 0 Å². The van der Waals surface area contributed by atoms with E-state index in [0.29, 0.717) is 6.61 Å². The first kappa shape index (κ1) is 14.2. The van der Waals surface area contributed by atoms with Gasteiger partial charge in [-0.3, -0.25) is 0 Å². The maximum absolute atomic E-state index is 9.83. The van der Waals surface area contributed by atoms with Crippen molar-refractivity contribution in [2.24, 2.45) is 5.41 Å². The van der Waals surface area contributed by atoms with Gasteiger partial charge in [-0.25, -0.2) is 0 Å². The Bertz CT molecular complexity index is 339. The fraction of sp³-hybridized carbons (Fsp3) is 0.600. The van der Waals surface area contributed by atoms with E-state index in [0.717, 1.165) is 5.56 Å². The van der Waals surface area contributed by atoms with Crippen molar-refractivity contribution in [2.45, 2.75) is 52.9 Å². The SMILES string of the molecule is CC(O)C(C)(C)C(C)(C)OCc1ccccc1. The van der Waals surface area contributed by atoms with Gasteiger partial charge in [0.2, 0.25) is 0 Å². The third-order valence-corrected chi connectivity index (χ3v) is 4.04. The molecule has 0 aliphatic rings. The molecule has 1 unspecified atom stereocenters. The van der Waals surface area contributed by atoms with Crippen molar-refractivity contribution >= 4 is 0 Å². The molecule has 96 valence electrons. The van der Waals surface area contributed by atoms with E-state index in [-0.39, 0.29) is 11.0 Å². The minimum Gasteiger partial charge on any atom is -0.393 e. The average Bonchev–Trinajstić information content (AvgIpc) is 2.27. The predicted molar refractivity (Wildman–Crippen MR) is 70.8 cm³/mol. The van der Waals surface area contributed by atoms with Crippen molar-refractivity contribution in [3.63, 3.8) is 0 Å². The van der Waals surface area contributed by atoms with Crippen LogP contribution >= 0.6 is 0 Å². The highest BCUT2D eigenvalue weighted by Crippen LogP contribution is 2.37. The first-order valence-corrected chi connectivity index (χ1v) is 6.13. The molecule has 1 aromatic rings. The highest BCUT2D eigenvalue weighted by atomic mass is 16.5. The topological polar surface area (TPSA) is 29.5 Å². The third kappa shape index (κ3) is 3.30. The van der Waals surface area contributed by atoms with Crippen LogP contribution in [-0.2, 0) is 11.3 Å². The van der Waals surface area contributed by atoms with E-state index in [1.54, 1.807) is 0 Å². The Labute approximate surface area is 105 Å². The summed E-state index contributed by atoms with van der Waals surface area (Å²) in [4.78, 5) is 0. The predicted octanol–water partition coefficient (Wildman–Crippen LogP) is 3.39. The van der Waals surface area contributed by atoms with Crippen molar-refractivity contribution < 1.29 is 9.84 Å². The van der Waals surface area contributed by atoms with Gasteiger partial charge in [0.05, 0.1) is 18.3 Å². The summed E-state index contributed by atoms with van der Waals surface area (Å²) in [5.74, 6) is 0. The van der Waals surface area contributed by atoms with Crippen LogP contribution in [0.1, 0.15) is 40.2 Å². The summed E-state index contributed by atoms with van der Waals surface area (Å²) in [5, 5.41) is 9.83. The van der Waals surface area contributed by atoms with Crippen LogP contribution in [0.15, 0.2) is 30.3 Å². The third-order valence-electron chi connectivity index (χ3n) is 4.04. The van der Waals surface area contributed by atoms with E-state index in [4.69, 9.17) is 4.74 Å². The largest absolute Gasteiger partial charge is 0.393 e. The molecule has 2 nitrogen and oxygen atoms in total. The number of ether oxygens (including phenoxy) is 1. The number of hydrogen-bond donors (Lipinski definition) is 1. The number of aliphatic hydroxyl groups excluding tert-OH is 1. The second-order valence-corrected chi connectivity index (χ2v) is 5.68. The minimum absolute atomic E-state index is 0.290. The van der Waals surface area contributed by atoms with Gasteiger partial charge in [-0.15, -0.1) is 0 Å². The lowest BCUT2D eigenvalue weighted by Crippen LogP contribution is -2.48. The number of rotatable bonds is 5. The number of benzene rings is 1. The first-order chi connectivity index (χ1) is 7.77. The van der Waals surface area contributed by atoms with E-state index in [1.807, 2.05) is 65.0 Å². The lowest BCUT2D eigenvalue weighted by Gasteiger charge is -2.43. The van der Waals surface area contributed by atoms with Gasteiger partial charge < -0.3 is 9.84 Å². The molecule has 0 saturated carbocycles. The Morgan fingerprint density at radius 3 is 2.12 bits per heavy atom. The van der Waals surface area contributed by atoms with Gasteiger partial charge in [-0.2, -0.15) is 0 Å². The highest BCUT2D eigenvalue weighted by molar-refractivity contribution is 5.13. The van der Waals surface area contributed by atoms with Crippen LogP contribution in [0.5, 0.6) is 0 Å². The van der Waals surface area contributed by atoms with E-state index in [2.05, 4.69) is 0 Å². The molecule has 1 N–H and O–H groups in total. The summed E-state index contributed by atoms with van der Waals surface area (Å²) in [5.41, 5.74) is 0.487. The Kier molecular flexibility index (Phi) is 4.34. The van der Waals surface area contributed by atoms with E-state index in [1.165, 1.54) is 0 Å². The first-order valence-electron chi connectivity index (χ1n) is 6.13. The van der Waals surface area contributed by atoms with Crippen LogP contribution in [0.3, 0.4) is 0 Å². The molecule has 1 atom stereocenters. The normalized spacial score (nSPS) is 14.7. The molecular formula is C15H24O2. The zero-order valence-corrected chi connectivity index (χ0v) is 11.5. The molecule has 0 radical (unpaired) electrons. The molecule has 0 amide bonds. The molecular weight excluding hydrogens is 212 g/mol. The smallest absolute Gasteiger partial charge is 0.0724 e. The fourth-order valence-corrected chi connectivity index (χ4v) is 1.53. The second-order valence-electron chi connectivity index (χ2n) is 5.68. The zero-order valence-electron chi connectivity index (χ0n) is 11.5. The molecule has 0 aliphatic carbocycles. The lowest BCUT2D eigenvalue weighted by molar-refractivity contribution is -0.145. The Morgan fingerprint density at radius 2 is 1.65 bits per heavy atom. The van der Waals surface area contributed by atoms with Crippen LogP contribution in [0.2, 0.25) is 0 Å². The molecule has 0 spiro atoms. The van der Waals surface area contributed by atoms with Crippen LogP contribution in [0.4, 0.5) is 0 Å². The van der Waals surface area contributed by atoms with Crippen molar-refractivity contribution in [1.82, 2.24) is 0 Å². The molecule has 1 aromatic carbocycles. The van der Waals surface area contributed by atoms with Gasteiger partial charge in [0.25, 0.3) is 0 Å². The number of hydrogen-bond acceptors (Lipinski definition) is 2. The van der Waals surface area contributed by atoms with E-state index in [9.17, 15) is 5.11 Å². The second kappa shape index (κ2) is 5.19. The van der Waals surface area contributed by atoms with Crippen molar-refractivity contribution in [3.05, 3.63) is 35.9 Å². The fourth-order valence-electron chi connectivity index (χ4n) is 1.53. The summed E-state index contributed by atoms with van der Waals surface area (Å²) in [7, 11) is 0. The van der Waals surface area contributed by atoms with Crippen LogP contribution in [0.25, 0.3) is 0 Å². The Hall–Kier alpha value is -0.860. The quantitative estimate of drug-likeness (QED) is 0.849. The summed E-state index contributed by atoms with van der Waals surface area (Å²) in [6, 6.07) is 10.1. The molecule has 0 aliphatic heterocycles. The molecule has 0 saturated heterocycles. The minimum atomic E-state index is -0.409. The van der Waals surface area contributed by atoms with Gasteiger partial charge in [-0.1, -0.05) is 44.2 Å². The molecule has 0 fully saturated rings. The molecule has 0 heterocycles. The molecule has 0 bridgehead atoms. The Morgan fingerprint density at radius 1 is 1.12 bits per heavy atom. The summed E-state index contributed by atoms with van der Waals surface area (Å²) >= 11 is 0. The zero-order chi connectivity index (χ0) is 13.1. The standard InChI is InChI=1S/C15H24O2/c1-12(16)14(2,3)15(4,5)17-11-13-9-7-6-8-10-13/h6-10,12,16H,11H2,1-5H3. The summed E-state index contributed by atoms with van der Waals surface area (Å²) in [6.07, 6.45) is -0.409. The molecule has 1 rings (SSSR count). The monoisotopic (exact) mass is 236 g/mol. The number of aliphatic hydroxyl groups is 1. The van der Waals surface area contributed by atoms with Gasteiger partial charge in [0.15, 0.2) is 0 Å². The van der Waals surface area contributed by atoms with Crippen LogP contribution in [-0.4, -0.2) is 16.8 Å². The molecule has 2 heteroatoms. The van der Waals surface area contributed by atoms with Crippen LogP contribution in [0, 0.1) is 5.41 Å². The molecule has 17 heavy (non-hydrogen) atoms. The van der Waals surface area contributed by atoms with Gasteiger partial charge in [0.1, 0.15) is 0 Å². The molecule has 0 aromatic heterocycles. The van der Waals surface area contributed by atoms with Crippen molar-refractivity contribution in [2.75, 3.05) is 0 Å². The van der Waals surface area contributed by atoms with Crippen LogP contribution < -0.4 is 0 Å². The van der Waals surface area contributed by atoms with Crippen molar-refractivity contribution in [1.29, 1.82) is 0 Å².